The Morgan fingerprint density at radius 2 is 1.86 bits per heavy atom. The van der Waals surface area contributed by atoms with Gasteiger partial charge in [0, 0.05) is 22.8 Å². The molecular formula is C16H15ClN2O3. The molecule has 0 heterocycles. The normalized spacial score (nSPS) is 11.8. The molecule has 0 fully saturated rings. The first-order valence-electron chi connectivity index (χ1n) is 6.70. The zero-order chi connectivity index (χ0) is 16.3. The summed E-state index contributed by atoms with van der Waals surface area (Å²) in [5.74, 6) is -0.626. The van der Waals surface area contributed by atoms with Crippen molar-refractivity contribution < 1.29 is 9.72 Å². The van der Waals surface area contributed by atoms with Gasteiger partial charge in [0.25, 0.3) is 5.69 Å². The lowest BCUT2D eigenvalue weighted by Gasteiger charge is -2.14. The average molecular weight is 319 g/mol. The van der Waals surface area contributed by atoms with Gasteiger partial charge in [0.1, 0.15) is 0 Å². The summed E-state index contributed by atoms with van der Waals surface area (Å²) in [7, 11) is 0. The molecule has 0 bridgehead atoms. The average Bonchev–Trinajstić information content (AvgIpc) is 2.50. The Morgan fingerprint density at radius 3 is 2.45 bits per heavy atom. The third-order valence-corrected chi connectivity index (χ3v) is 3.69. The molecule has 0 spiro atoms. The van der Waals surface area contributed by atoms with E-state index in [1.807, 2.05) is 13.0 Å². The fourth-order valence-corrected chi connectivity index (χ4v) is 2.18. The van der Waals surface area contributed by atoms with Crippen LogP contribution in [0.2, 0.25) is 5.02 Å². The lowest BCUT2D eigenvalue weighted by molar-refractivity contribution is -0.384. The van der Waals surface area contributed by atoms with E-state index in [0.29, 0.717) is 16.3 Å². The minimum atomic E-state index is -0.468. The van der Waals surface area contributed by atoms with Crippen molar-refractivity contribution in [2.75, 3.05) is 5.32 Å². The minimum absolute atomic E-state index is 0.00189. The van der Waals surface area contributed by atoms with Gasteiger partial charge in [0.05, 0.1) is 10.8 Å². The number of halogens is 1. The topological polar surface area (TPSA) is 72.2 Å². The standard InChI is InChI=1S/C16H15ClN2O3/c1-10-3-6-13(17)9-15(10)18-16(20)11(2)12-4-7-14(8-5-12)19(21)22/h3-9,11H,1-2H3,(H,18,20)/t11-/m0/s1. The van der Waals surface area contributed by atoms with Crippen LogP contribution in [0.25, 0.3) is 0 Å². The molecule has 0 radical (unpaired) electrons. The van der Waals surface area contributed by atoms with Gasteiger partial charge in [0.2, 0.25) is 5.91 Å². The molecule has 0 aliphatic carbocycles. The minimum Gasteiger partial charge on any atom is -0.325 e. The molecule has 2 aromatic rings. The van der Waals surface area contributed by atoms with Gasteiger partial charge in [-0.3, -0.25) is 14.9 Å². The Labute approximate surface area is 133 Å². The Balaban J connectivity index is 2.15. The molecule has 2 rings (SSSR count). The number of nitro groups is 1. The Bertz CT molecular complexity index is 714. The summed E-state index contributed by atoms with van der Waals surface area (Å²) in [6.45, 7) is 3.62. The van der Waals surface area contributed by atoms with Crippen LogP contribution in [0, 0.1) is 17.0 Å². The predicted octanol–water partition coefficient (Wildman–Crippen LogP) is 4.30. The SMILES string of the molecule is Cc1ccc(Cl)cc1NC(=O)[C@@H](C)c1ccc([N+](=O)[O-])cc1. The molecule has 1 atom stereocenters. The number of anilines is 1. The molecule has 114 valence electrons. The van der Waals surface area contributed by atoms with Gasteiger partial charge in [-0.05, 0) is 37.1 Å². The fraction of sp³-hybridized carbons (Fsp3) is 0.188. The number of nitro benzene ring substituents is 1. The Kier molecular flexibility index (Phi) is 4.78. The van der Waals surface area contributed by atoms with Crippen molar-refractivity contribution in [2.24, 2.45) is 0 Å². The van der Waals surface area contributed by atoms with E-state index in [0.717, 1.165) is 5.56 Å². The first-order valence-corrected chi connectivity index (χ1v) is 7.07. The quantitative estimate of drug-likeness (QED) is 0.674. The van der Waals surface area contributed by atoms with Crippen LogP contribution >= 0.6 is 11.6 Å². The van der Waals surface area contributed by atoms with Gasteiger partial charge < -0.3 is 5.32 Å². The molecule has 6 heteroatoms. The van der Waals surface area contributed by atoms with Gasteiger partial charge in [-0.1, -0.05) is 29.8 Å². The van der Waals surface area contributed by atoms with Crippen LogP contribution < -0.4 is 5.32 Å². The highest BCUT2D eigenvalue weighted by Crippen LogP contribution is 2.24. The third kappa shape index (κ3) is 3.62. The second kappa shape index (κ2) is 6.58. The summed E-state index contributed by atoms with van der Waals surface area (Å²) < 4.78 is 0. The Hall–Kier alpha value is -2.40. The van der Waals surface area contributed by atoms with Crippen LogP contribution in [-0.2, 0) is 4.79 Å². The zero-order valence-corrected chi connectivity index (χ0v) is 12.9. The first kappa shape index (κ1) is 16.0. The molecule has 1 amide bonds. The van der Waals surface area contributed by atoms with Crippen LogP contribution in [0.3, 0.4) is 0 Å². The molecule has 0 saturated heterocycles. The van der Waals surface area contributed by atoms with Crippen LogP contribution in [0.5, 0.6) is 0 Å². The molecule has 2 aromatic carbocycles. The fourth-order valence-electron chi connectivity index (χ4n) is 2.01. The largest absolute Gasteiger partial charge is 0.325 e. The van der Waals surface area contributed by atoms with Gasteiger partial charge >= 0.3 is 0 Å². The Morgan fingerprint density at radius 1 is 1.23 bits per heavy atom. The van der Waals surface area contributed by atoms with Gasteiger partial charge in [-0.25, -0.2) is 0 Å². The van der Waals surface area contributed by atoms with Crippen molar-refractivity contribution in [3.05, 3.63) is 68.7 Å². The number of non-ortho nitro benzene ring substituents is 1. The number of aryl methyl sites for hydroxylation is 1. The maximum absolute atomic E-state index is 12.3. The second-order valence-electron chi connectivity index (χ2n) is 5.02. The molecule has 0 aromatic heterocycles. The summed E-state index contributed by atoms with van der Waals surface area (Å²) in [6, 6.07) is 11.2. The summed E-state index contributed by atoms with van der Waals surface area (Å²) in [4.78, 5) is 22.5. The summed E-state index contributed by atoms with van der Waals surface area (Å²) in [6.07, 6.45) is 0. The van der Waals surface area contributed by atoms with Crippen molar-refractivity contribution >= 4 is 28.9 Å². The number of hydrogen-bond donors (Lipinski definition) is 1. The van der Waals surface area contributed by atoms with Crippen LogP contribution in [0.15, 0.2) is 42.5 Å². The van der Waals surface area contributed by atoms with E-state index in [2.05, 4.69) is 5.32 Å². The highest BCUT2D eigenvalue weighted by molar-refractivity contribution is 6.31. The summed E-state index contributed by atoms with van der Waals surface area (Å²) >= 11 is 5.93. The lowest BCUT2D eigenvalue weighted by atomic mass is 10.00. The molecule has 22 heavy (non-hydrogen) atoms. The first-order chi connectivity index (χ1) is 10.4. The number of hydrogen-bond acceptors (Lipinski definition) is 3. The highest BCUT2D eigenvalue weighted by Gasteiger charge is 2.17. The lowest BCUT2D eigenvalue weighted by Crippen LogP contribution is -2.19. The number of carbonyl (C=O) groups is 1. The van der Waals surface area contributed by atoms with Crippen LogP contribution in [0.4, 0.5) is 11.4 Å². The summed E-state index contributed by atoms with van der Waals surface area (Å²) in [5, 5.41) is 14.0. The summed E-state index contributed by atoms with van der Waals surface area (Å²) in [5.41, 5.74) is 2.28. The second-order valence-corrected chi connectivity index (χ2v) is 5.46. The molecular weight excluding hydrogens is 304 g/mol. The number of benzene rings is 2. The number of amides is 1. The van der Waals surface area contributed by atoms with Crippen molar-refractivity contribution in [1.29, 1.82) is 0 Å². The predicted molar refractivity (Wildman–Crippen MR) is 86.3 cm³/mol. The number of carbonyl (C=O) groups excluding carboxylic acids is 1. The monoisotopic (exact) mass is 318 g/mol. The van der Waals surface area contributed by atoms with E-state index in [4.69, 9.17) is 11.6 Å². The molecule has 0 unspecified atom stereocenters. The van der Waals surface area contributed by atoms with E-state index >= 15 is 0 Å². The van der Waals surface area contributed by atoms with E-state index in [1.165, 1.54) is 12.1 Å². The number of nitrogens with one attached hydrogen (secondary N) is 1. The van der Waals surface area contributed by atoms with Crippen molar-refractivity contribution in [2.45, 2.75) is 19.8 Å². The van der Waals surface area contributed by atoms with Gasteiger partial charge in [-0.2, -0.15) is 0 Å². The maximum atomic E-state index is 12.3. The zero-order valence-electron chi connectivity index (χ0n) is 12.2. The van der Waals surface area contributed by atoms with Gasteiger partial charge in [0.15, 0.2) is 0 Å². The number of nitrogens with zero attached hydrogens (tertiary/aromatic N) is 1. The van der Waals surface area contributed by atoms with E-state index < -0.39 is 10.8 Å². The van der Waals surface area contributed by atoms with E-state index in [1.54, 1.807) is 31.2 Å². The molecule has 0 aliphatic rings. The number of rotatable bonds is 4. The van der Waals surface area contributed by atoms with E-state index in [9.17, 15) is 14.9 Å². The van der Waals surface area contributed by atoms with E-state index in [-0.39, 0.29) is 11.6 Å². The highest BCUT2D eigenvalue weighted by atomic mass is 35.5. The molecule has 0 aliphatic heterocycles. The van der Waals surface area contributed by atoms with Gasteiger partial charge in [-0.15, -0.1) is 0 Å². The molecule has 0 saturated carbocycles. The third-order valence-electron chi connectivity index (χ3n) is 3.45. The smallest absolute Gasteiger partial charge is 0.269 e. The van der Waals surface area contributed by atoms with Crippen molar-refractivity contribution in [3.63, 3.8) is 0 Å². The van der Waals surface area contributed by atoms with Crippen LogP contribution in [-0.4, -0.2) is 10.8 Å². The van der Waals surface area contributed by atoms with Crippen LogP contribution in [0.1, 0.15) is 24.0 Å². The molecule has 5 nitrogen and oxygen atoms in total. The van der Waals surface area contributed by atoms with Crippen molar-refractivity contribution in [3.8, 4) is 0 Å². The van der Waals surface area contributed by atoms with Crippen molar-refractivity contribution in [1.82, 2.24) is 0 Å². The molecule has 1 N–H and O–H groups in total. The maximum Gasteiger partial charge on any atom is 0.269 e.